The summed E-state index contributed by atoms with van der Waals surface area (Å²) < 4.78 is 89.6. The fraction of sp³-hybridized carbons (Fsp3) is 0.387. The summed E-state index contributed by atoms with van der Waals surface area (Å²) in [6.45, 7) is -1.50. The molecule has 1 atom stereocenters. The van der Waals surface area contributed by atoms with E-state index in [1.807, 2.05) is 34.9 Å². The number of hydrogen-bond donors (Lipinski definition) is 1. The number of aromatic nitrogens is 5. The van der Waals surface area contributed by atoms with Crippen LogP contribution >= 0.6 is 0 Å². The van der Waals surface area contributed by atoms with Gasteiger partial charge in [0.25, 0.3) is 0 Å². The molecular formula is C31H34N6O5S2. The highest BCUT2D eigenvalue weighted by Crippen LogP contribution is 2.45. The van der Waals surface area contributed by atoms with Crippen molar-refractivity contribution in [2.24, 2.45) is 13.0 Å². The van der Waals surface area contributed by atoms with Gasteiger partial charge in [-0.2, -0.15) is 0 Å². The van der Waals surface area contributed by atoms with Crippen molar-refractivity contribution in [3.8, 4) is 11.3 Å². The number of sulfone groups is 1. The smallest absolute Gasteiger partial charge is 0.235 e. The lowest BCUT2D eigenvalue weighted by Crippen LogP contribution is -2.27. The van der Waals surface area contributed by atoms with Crippen LogP contribution in [0.25, 0.3) is 33.2 Å². The van der Waals surface area contributed by atoms with Crippen LogP contribution in [0.4, 0.5) is 5.69 Å². The number of benzene rings is 2. The second-order valence-corrected chi connectivity index (χ2v) is 15.6. The van der Waals surface area contributed by atoms with Gasteiger partial charge in [0.15, 0.2) is 9.84 Å². The molecule has 2 aliphatic rings. The SMILES string of the molecule is [2H]C([2H])([2H])c1nnn(C)c1-c1cnc2c3c(NS(=O)(=O)C4CC4)ccc(S(C)(=O)=O)c3n([C@H](c3ccccc3)C3CCOCC3)c2c1. The standard InChI is InChI=1S/C31H34N6O5S2/c1-19-29(36(2)35-33-19)22-17-25-28(32-18-22)27-24(34-44(40,41)23-9-10-23)11-12-26(43(3,38)39)31(27)37(25)30(20-7-5-4-6-8-20)21-13-15-42-16-14-21/h4-8,11-12,17-18,21,23,30,34H,9-10,13-16H2,1-3H3/t30-/m1/s1/i1D3. The number of rotatable bonds is 8. The number of nitrogens with zero attached hydrogens (tertiary/aromatic N) is 5. The number of sulfonamides is 1. The molecular weight excluding hydrogens is 601 g/mol. The Bertz CT molecular complexity index is 2220. The Labute approximate surface area is 260 Å². The molecule has 0 unspecified atom stereocenters. The second kappa shape index (κ2) is 10.7. The van der Waals surface area contributed by atoms with Gasteiger partial charge in [0, 0.05) is 42.4 Å². The molecule has 230 valence electrons. The van der Waals surface area contributed by atoms with Gasteiger partial charge in [-0.05, 0) is 62.2 Å². The van der Waals surface area contributed by atoms with Crippen molar-refractivity contribution in [1.82, 2.24) is 24.5 Å². The van der Waals surface area contributed by atoms with Gasteiger partial charge >= 0.3 is 0 Å². The van der Waals surface area contributed by atoms with E-state index >= 15 is 0 Å². The van der Waals surface area contributed by atoms with Crippen LogP contribution < -0.4 is 4.72 Å². The first-order valence-electron chi connectivity index (χ1n) is 16.0. The van der Waals surface area contributed by atoms with Crippen LogP contribution in [0.5, 0.6) is 0 Å². The summed E-state index contributed by atoms with van der Waals surface area (Å²) in [5.74, 6) is 0.0177. The van der Waals surface area contributed by atoms with Gasteiger partial charge in [0.05, 0.1) is 55.2 Å². The molecule has 2 fully saturated rings. The first-order chi connectivity index (χ1) is 22.3. The fourth-order valence-corrected chi connectivity index (χ4v) is 8.68. The van der Waals surface area contributed by atoms with Gasteiger partial charge in [0.2, 0.25) is 10.0 Å². The summed E-state index contributed by atoms with van der Waals surface area (Å²) in [6, 6.07) is 14.1. The molecule has 0 radical (unpaired) electrons. The number of anilines is 1. The predicted molar refractivity (Wildman–Crippen MR) is 169 cm³/mol. The number of ether oxygens (including phenoxy) is 1. The quantitative estimate of drug-likeness (QED) is 0.260. The molecule has 44 heavy (non-hydrogen) atoms. The van der Waals surface area contributed by atoms with Crippen LogP contribution in [0.15, 0.2) is 59.6 Å². The molecule has 7 rings (SSSR count). The van der Waals surface area contributed by atoms with Crippen molar-refractivity contribution < 1.29 is 25.7 Å². The monoisotopic (exact) mass is 637 g/mol. The maximum Gasteiger partial charge on any atom is 0.235 e. The number of pyridine rings is 1. The van der Waals surface area contributed by atoms with Crippen LogP contribution in [0, 0.1) is 12.8 Å². The lowest BCUT2D eigenvalue weighted by Gasteiger charge is -2.33. The molecule has 1 aliphatic heterocycles. The van der Waals surface area contributed by atoms with Gasteiger partial charge in [-0.3, -0.25) is 9.71 Å². The third-order valence-corrected chi connectivity index (χ3v) is 11.6. The van der Waals surface area contributed by atoms with E-state index in [0.717, 1.165) is 11.8 Å². The maximum atomic E-state index is 13.5. The number of aryl methyl sites for hydroxylation is 2. The minimum Gasteiger partial charge on any atom is -0.381 e. The fourth-order valence-electron chi connectivity index (χ4n) is 6.41. The van der Waals surface area contributed by atoms with Crippen molar-refractivity contribution in [3.63, 3.8) is 0 Å². The zero-order valence-corrected chi connectivity index (χ0v) is 25.9. The molecule has 5 aromatic rings. The molecule has 1 saturated heterocycles. The Balaban J connectivity index is 1.63. The van der Waals surface area contributed by atoms with E-state index in [-0.39, 0.29) is 27.9 Å². The lowest BCUT2D eigenvalue weighted by molar-refractivity contribution is 0.0552. The minimum absolute atomic E-state index is 0.0177. The Kier molecular flexibility index (Phi) is 6.19. The second-order valence-electron chi connectivity index (χ2n) is 11.6. The third kappa shape index (κ3) is 4.96. The molecule has 0 bridgehead atoms. The summed E-state index contributed by atoms with van der Waals surface area (Å²) in [5, 5.41) is 7.75. The van der Waals surface area contributed by atoms with E-state index in [1.165, 1.54) is 23.0 Å². The first-order valence-corrected chi connectivity index (χ1v) is 17.9. The predicted octanol–water partition coefficient (Wildman–Crippen LogP) is 4.62. The van der Waals surface area contributed by atoms with E-state index in [1.54, 1.807) is 13.1 Å². The van der Waals surface area contributed by atoms with E-state index in [4.69, 9.17) is 13.8 Å². The van der Waals surface area contributed by atoms with Crippen molar-refractivity contribution in [1.29, 1.82) is 0 Å². The lowest BCUT2D eigenvalue weighted by atomic mass is 9.86. The van der Waals surface area contributed by atoms with Crippen molar-refractivity contribution in [2.45, 2.75) is 48.7 Å². The molecule has 4 heterocycles. The van der Waals surface area contributed by atoms with E-state index in [2.05, 4.69) is 15.0 Å². The van der Waals surface area contributed by atoms with E-state index < -0.39 is 38.0 Å². The number of fused-ring (bicyclic) bond motifs is 3. The van der Waals surface area contributed by atoms with Gasteiger partial charge in [-0.15, -0.1) is 5.10 Å². The number of hydrogen-bond acceptors (Lipinski definition) is 8. The van der Waals surface area contributed by atoms with Crippen LogP contribution in [0.3, 0.4) is 0 Å². The van der Waals surface area contributed by atoms with Crippen LogP contribution in [-0.2, 0) is 31.6 Å². The molecule has 2 aromatic carbocycles. The zero-order chi connectivity index (χ0) is 33.3. The Hall–Kier alpha value is -3.81. The largest absolute Gasteiger partial charge is 0.381 e. The maximum absolute atomic E-state index is 13.5. The molecule has 13 heteroatoms. The molecule has 1 aliphatic carbocycles. The molecule has 0 spiro atoms. The highest BCUT2D eigenvalue weighted by Gasteiger charge is 2.38. The topological polar surface area (TPSA) is 138 Å². The van der Waals surface area contributed by atoms with Crippen LogP contribution in [0.1, 0.15) is 47.1 Å². The summed E-state index contributed by atoms with van der Waals surface area (Å²) >= 11 is 0. The third-order valence-electron chi connectivity index (χ3n) is 8.59. The molecule has 1 N–H and O–H groups in total. The van der Waals surface area contributed by atoms with E-state index in [0.29, 0.717) is 66.4 Å². The first kappa shape index (κ1) is 25.5. The van der Waals surface area contributed by atoms with Crippen molar-refractivity contribution >= 4 is 47.5 Å². The normalized spacial score (nSPS) is 18.6. The Morgan fingerprint density at radius 2 is 1.80 bits per heavy atom. The Morgan fingerprint density at radius 1 is 1.05 bits per heavy atom. The highest BCUT2D eigenvalue weighted by atomic mass is 32.2. The summed E-state index contributed by atoms with van der Waals surface area (Å²) in [4.78, 5) is 4.85. The summed E-state index contributed by atoms with van der Waals surface area (Å²) in [5.41, 5.74) is 2.84. The molecule has 1 saturated carbocycles. The Morgan fingerprint density at radius 3 is 2.48 bits per heavy atom. The number of nitrogens with one attached hydrogen (secondary N) is 1. The average molecular weight is 638 g/mol. The van der Waals surface area contributed by atoms with Crippen LogP contribution in [-0.4, -0.2) is 66.1 Å². The summed E-state index contributed by atoms with van der Waals surface area (Å²) in [7, 11) is -5.99. The highest BCUT2D eigenvalue weighted by molar-refractivity contribution is 7.93. The van der Waals surface area contributed by atoms with Gasteiger partial charge < -0.3 is 9.30 Å². The van der Waals surface area contributed by atoms with Crippen molar-refractivity contribution in [3.05, 3.63) is 66.0 Å². The minimum atomic E-state index is -3.85. The summed E-state index contributed by atoms with van der Waals surface area (Å²) in [6.07, 6.45) is 5.13. The molecule has 3 aromatic heterocycles. The zero-order valence-electron chi connectivity index (χ0n) is 27.3. The average Bonchev–Trinajstić information content (AvgIpc) is 3.74. The van der Waals surface area contributed by atoms with Crippen LogP contribution in [0.2, 0.25) is 0 Å². The van der Waals surface area contributed by atoms with Crippen molar-refractivity contribution in [2.75, 3.05) is 24.2 Å². The molecule has 11 nitrogen and oxygen atoms in total. The van der Waals surface area contributed by atoms with E-state index in [9.17, 15) is 16.8 Å². The van der Waals surface area contributed by atoms with Gasteiger partial charge in [0.1, 0.15) is 0 Å². The van der Waals surface area contributed by atoms with Gasteiger partial charge in [-0.1, -0.05) is 35.5 Å². The molecule has 0 amide bonds. The van der Waals surface area contributed by atoms with Gasteiger partial charge in [-0.25, -0.2) is 21.5 Å².